The summed E-state index contributed by atoms with van der Waals surface area (Å²) in [5, 5.41) is 0. The quantitative estimate of drug-likeness (QED) is 0.616. The molecule has 6 nitrogen and oxygen atoms in total. The molecule has 0 N–H and O–H groups in total. The van der Waals surface area contributed by atoms with Crippen molar-refractivity contribution in [3.05, 3.63) is 0 Å². The van der Waals surface area contributed by atoms with Crippen molar-refractivity contribution in [3.63, 3.8) is 0 Å². The van der Waals surface area contributed by atoms with Crippen molar-refractivity contribution < 1.29 is 9.53 Å². The lowest BCUT2D eigenvalue weighted by atomic mass is 9.97. The molecule has 23 heavy (non-hydrogen) atoms. The molecule has 2 aliphatic heterocycles. The summed E-state index contributed by atoms with van der Waals surface area (Å²) in [6, 6.07) is 0. The fourth-order valence-corrected chi connectivity index (χ4v) is 3.19. The number of carbonyl (C=O) groups excluding carboxylic acids is 1. The van der Waals surface area contributed by atoms with E-state index in [9.17, 15) is 4.79 Å². The van der Waals surface area contributed by atoms with E-state index >= 15 is 0 Å². The Morgan fingerprint density at radius 3 is 2.13 bits per heavy atom. The Kier molecular flexibility index (Phi) is 7.76. The number of piperazine rings is 1. The summed E-state index contributed by atoms with van der Waals surface area (Å²) in [7, 11) is 6.18. The van der Waals surface area contributed by atoms with Crippen molar-refractivity contribution in [2.75, 3.05) is 86.7 Å². The molecule has 134 valence electrons. The van der Waals surface area contributed by atoms with Crippen molar-refractivity contribution in [2.45, 2.75) is 12.8 Å². The van der Waals surface area contributed by atoms with E-state index in [4.69, 9.17) is 4.74 Å². The van der Waals surface area contributed by atoms with Crippen LogP contribution in [0.4, 0.5) is 0 Å². The van der Waals surface area contributed by atoms with E-state index < -0.39 is 0 Å². The van der Waals surface area contributed by atoms with Gasteiger partial charge in [0.2, 0.25) is 0 Å². The summed E-state index contributed by atoms with van der Waals surface area (Å²) in [5.74, 6) is 0.114. The number of rotatable bonds is 7. The molecule has 0 saturated carbocycles. The van der Waals surface area contributed by atoms with Gasteiger partial charge in [0.15, 0.2) is 0 Å². The SMILES string of the molecule is CN(C)CCOC(=O)C1CCN(CCN2CCN(C)CC2)CC1. The lowest BCUT2D eigenvalue weighted by Gasteiger charge is -2.35. The minimum absolute atomic E-state index is 0.00516. The van der Waals surface area contributed by atoms with Gasteiger partial charge in [-0.3, -0.25) is 9.69 Å². The maximum absolute atomic E-state index is 12.1. The Balaban J connectivity index is 1.57. The molecule has 0 aliphatic carbocycles. The molecular formula is C17H34N4O2. The van der Waals surface area contributed by atoms with Gasteiger partial charge < -0.3 is 19.4 Å². The van der Waals surface area contributed by atoms with Crippen LogP contribution in [0.3, 0.4) is 0 Å². The molecule has 2 heterocycles. The smallest absolute Gasteiger partial charge is 0.309 e. The molecule has 2 saturated heterocycles. The molecule has 0 aromatic rings. The zero-order chi connectivity index (χ0) is 16.7. The van der Waals surface area contributed by atoms with Gasteiger partial charge in [-0.15, -0.1) is 0 Å². The molecule has 0 atom stereocenters. The Morgan fingerprint density at radius 2 is 1.57 bits per heavy atom. The number of piperidine rings is 1. The first-order valence-corrected chi connectivity index (χ1v) is 8.99. The topological polar surface area (TPSA) is 39.3 Å². The van der Waals surface area contributed by atoms with Crippen LogP contribution in [0.5, 0.6) is 0 Å². The zero-order valence-corrected chi connectivity index (χ0v) is 15.2. The average Bonchev–Trinajstić information content (AvgIpc) is 2.54. The van der Waals surface area contributed by atoms with Gasteiger partial charge in [0, 0.05) is 45.8 Å². The normalized spacial score (nSPS) is 22.6. The van der Waals surface area contributed by atoms with Gasteiger partial charge in [-0.25, -0.2) is 0 Å². The van der Waals surface area contributed by atoms with Crippen LogP contribution in [-0.4, -0.2) is 112 Å². The highest BCUT2D eigenvalue weighted by molar-refractivity contribution is 5.72. The summed E-state index contributed by atoms with van der Waals surface area (Å²) in [6.07, 6.45) is 1.90. The Labute approximate surface area is 141 Å². The van der Waals surface area contributed by atoms with Crippen LogP contribution in [0.1, 0.15) is 12.8 Å². The Morgan fingerprint density at radius 1 is 1.00 bits per heavy atom. The predicted octanol–water partition coefficient (Wildman–Crippen LogP) is 0.0506. The van der Waals surface area contributed by atoms with Crippen molar-refractivity contribution in [2.24, 2.45) is 5.92 Å². The van der Waals surface area contributed by atoms with Crippen LogP contribution in [0.15, 0.2) is 0 Å². The van der Waals surface area contributed by atoms with Crippen molar-refractivity contribution in [1.29, 1.82) is 0 Å². The monoisotopic (exact) mass is 326 g/mol. The van der Waals surface area contributed by atoms with Crippen LogP contribution >= 0.6 is 0 Å². The standard InChI is InChI=1S/C17H34N4O2/c1-18(2)14-15-23-17(22)16-4-6-20(7-5-16)12-13-21-10-8-19(3)9-11-21/h16H,4-15H2,1-3H3. The average molecular weight is 326 g/mol. The molecule has 6 heteroatoms. The fraction of sp³-hybridized carbons (Fsp3) is 0.941. The number of likely N-dealkylation sites (tertiary alicyclic amines) is 1. The summed E-state index contributed by atoms with van der Waals surface area (Å²) < 4.78 is 5.38. The molecule has 0 amide bonds. The third-order valence-corrected chi connectivity index (χ3v) is 5.03. The number of likely N-dealkylation sites (N-methyl/N-ethyl adjacent to an activating group) is 2. The highest BCUT2D eigenvalue weighted by Crippen LogP contribution is 2.18. The van der Waals surface area contributed by atoms with E-state index in [1.54, 1.807) is 0 Å². The first-order valence-electron chi connectivity index (χ1n) is 8.99. The molecule has 2 fully saturated rings. The number of nitrogens with zero attached hydrogens (tertiary/aromatic N) is 4. The molecule has 2 rings (SSSR count). The second-order valence-electron chi connectivity index (χ2n) is 7.23. The molecule has 0 aromatic carbocycles. The lowest BCUT2D eigenvalue weighted by molar-refractivity contribution is -0.150. The van der Waals surface area contributed by atoms with Crippen LogP contribution in [-0.2, 0) is 9.53 Å². The molecular weight excluding hydrogens is 292 g/mol. The first-order chi connectivity index (χ1) is 11.0. The summed E-state index contributed by atoms with van der Waals surface area (Å²) in [4.78, 5) is 21.5. The van der Waals surface area contributed by atoms with E-state index in [1.807, 2.05) is 19.0 Å². The second-order valence-corrected chi connectivity index (χ2v) is 7.23. The van der Waals surface area contributed by atoms with Crippen LogP contribution in [0.25, 0.3) is 0 Å². The van der Waals surface area contributed by atoms with Gasteiger partial charge >= 0.3 is 5.97 Å². The van der Waals surface area contributed by atoms with Gasteiger partial charge in [-0.2, -0.15) is 0 Å². The van der Waals surface area contributed by atoms with Gasteiger partial charge in [0.25, 0.3) is 0 Å². The molecule has 0 aromatic heterocycles. The highest BCUT2D eigenvalue weighted by Gasteiger charge is 2.26. The first kappa shape index (κ1) is 18.6. The number of hydrogen-bond donors (Lipinski definition) is 0. The molecule has 0 radical (unpaired) electrons. The minimum atomic E-state index is 0.00516. The number of ether oxygens (including phenoxy) is 1. The van der Waals surface area contributed by atoms with Crippen LogP contribution < -0.4 is 0 Å². The van der Waals surface area contributed by atoms with E-state index in [1.165, 1.54) is 26.2 Å². The van der Waals surface area contributed by atoms with E-state index in [-0.39, 0.29) is 11.9 Å². The van der Waals surface area contributed by atoms with Crippen molar-refractivity contribution in [1.82, 2.24) is 19.6 Å². The summed E-state index contributed by atoms with van der Waals surface area (Å²) in [6.45, 7) is 10.4. The third kappa shape index (κ3) is 6.75. The van der Waals surface area contributed by atoms with Crippen LogP contribution in [0, 0.1) is 5.92 Å². The summed E-state index contributed by atoms with van der Waals surface area (Å²) >= 11 is 0. The number of esters is 1. The predicted molar refractivity (Wildman–Crippen MR) is 92.6 cm³/mol. The maximum atomic E-state index is 12.1. The van der Waals surface area contributed by atoms with Gasteiger partial charge in [-0.1, -0.05) is 0 Å². The fourth-order valence-electron chi connectivity index (χ4n) is 3.19. The Hall–Kier alpha value is -0.690. The maximum Gasteiger partial charge on any atom is 0.309 e. The lowest BCUT2D eigenvalue weighted by Crippen LogP contribution is -2.48. The van der Waals surface area contributed by atoms with E-state index in [0.717, 1.165) is 45.6 Å². The van der Waals surface area contributed by atoms with E-state index in [0.29, 0.717) is 6.61 Å². The van der Waals surface area contributed by atoms with Crippen molar-refractivity contribution >= 4 is 5.97 Å². The summed E-state index contributed by atoms with van der Waals surface area (Å²) in [5.41, 5.74) is 0. The molecule has 0 spiro atoms. The minimum Gasteiger partial charge on any atom is -0.464 e. The third-order valence-electron chi connectivity index (χ3n) is 5.03. The largest absolute Gasteiger partial charge is 0.464 e. The van der Waals surface area contributed by atoms with E-state index in [2.05, 4.69) is 21.7 Å². The highest BCUT2D eigenvalue weighted by atomic mass is 16.5. The Bertz CT molecular complexity index is 349. The van der Waals surface area contributed by atoms with Gasteiger partial charge in [-0.05, 0) is 47.1 Å². The number of carbonyl (C=O) groups is 1. The second kappa shape index (κ2) is 9.57. The van der Waals surface area contributed by atoms with Gasteiger partial charge in [0.05, 0.1) is 5.92 Å². The van der Waals surface area contributed by atoms with Gasteiger partial charge in [0.1, 0.15) is 6.61 Å². The molecule has 0 bridgehead atoms. The number of hydrogen-bond acceptors (Lipinski definition) is 6. The molecule has 0 unspecified atom stereocenters. The zero-order valence-electron chi connectivity index (χ0n) is 15.2. The van der Waals surface area contributed by atoms with Crippen LogP contribution in [0.2, 0.25) is 0 Å². The van der Waals surface area contributed by atoms with Crippen molar-refractivity contribution in [3.8, 4) is 0 Å². The molecule has 2 aliphatic rings.